The van der Waals surface area contributed by atoms with E-state index in [0.29, 0.717) is 11.5 Å². The summed E-state index contributed by atoms with van der Waals surface area (Å²) in [6.07, 6.45) is 2.65. The SMILES string of the molecule is Cc1ncoc1-c1ccc([C@H](C)NC(=O)OC(C)(C)C)cn1. The smallest absolute Gasteiger partial charge is 0.408 e. The molecule has 0 aromatic carbocycles. The van der Waals surface area contributed by atoms with Crippen LogP contribution >= 0.6 is 0 Å². The number of nitrogens with one attached hydrogen (secondary N) is 1. The van der Waals surface area contributed by atoms with Crippen molar-refractivity contribution in [2.24, 2.45) is 0 Å². The lowest BCUT2D eigenvalue weighted by Gasteiger charge is -2.22. The molecule has 2 rings (SSSR count). The fraction of sp³-hybridized carbons (Fsp3) is 0.438. The third-order valence-corrected chi connectivity index (χ3v) is 3.00. The van der Waals surface area contributed by atoms with E-state index in [0.717, 1.165) is 11.3 Å². The Labute approximate surface area is 129 Å². The predicted molar refractivity (Wildman–Crippen MR) is 82.3 cm³/mol. The van der Waals surface area contributed by atoms with Gasteiger partial charge in [0.15, 0.2) is 12.2 Å². The van der Waals surface area contributed by atoms with Crippen molar-refractivity contribution < 1.29 is 13.9 Å². The van der Waals surface area contributed by atoms with E-state index < -0.39 is 11.7 Å². The van der Waals surface area contributed by atoms with Crippen LogP contribution in [0.15, 0.2) is 29.1 Å². The highest BCUT2D eigenvalue weighted by atomic mass is 16.6. The van der Waals surface area contributed by atoms with Gasteiger partial charge in [0.25, 0.3) is 0 Å². The largest absolute Gasteiger partial charge is 0.444 e. The van der Waals surface area contributed by atoms with Crippen LogP contribution in [0.2, 0.25) is 0 Å². The number of amides is 1. The Balaban J connectivity index is 2.04. The number of hydrogen-bond donors (Lipinski definition) is 1. The Bertz CT molecular complexity index is 641. The van der Waals surface area contributed by atoms with Gasteiger partial charge in [-0.25, -0.2) is 9.78 Å². The summed E-state index contributed by atoms with van der Waals surface area (Å²) in [4.78, 5) is 20.2. The first kappa shape index (κ1) is 16.0. The van der Waals surface area contributed by atoms with Crippen molar-refractivity contribution in [1.82, 2.24) is 15.3 Å². The minimum atomic E-state index is -0.518. The van der Waals surface area contributed by atoms with Gasteiger partial charge in [-0.1, -0.05) is 6.07 Å². The van der Waals surface area contributed by atoms with Gasteiger partial charge < -0.3 is 14.5 Å². The highest BCUT2D eigenvalue weighted by molar-refractivity contribution is 5.68. The normalized spacial score (nSPS) is 12.8. The summed E-state index contributed by atoms with van der Waals surface area (Å²) in [5, 5.41) is 2.78. The summed E-state index contributed by atoms with van der Waals surface area (Å²) in [5.74, 6) is 0.652. The quantitative estimate of drug-likeness (QED) is 0.936. The van der Waals surface area contributed by atoms with E-state index in [-0.39, 0.29) is 6.04 Å². The van der Waals surface area contributed by atoms with Crippen LogP contribution in [0.5, 0.6) is 0 Å². The number of aryl methyl sites for hydroxylation is 1. The molecular formula is C16H21N3O3. The van der Waals surface area contributed by atoms with Gasteiger partial charge in [-0.3, -0.25) is 4.98 Å². The number of oxazole rings is 1. The zero-order valence-corrected chi connectivity index (χ0v) is 13.5. The summed E-state index contributed by atoms with van der Waals surface area (Å²) < 4.78 is 10.5. The van der Waals surface area contributed by atoms with Crippen molar-refractivity contribution in [2.75, 3.05) is 0 Å². The molecular weight excluding hydrogens is 282 g/mol. The molecule has 0 bridgehead atoms. The van der Waals surface area contributed by atoms with Crippen LogP contribution in [-0.4, -0.2) is 21.7 Å². The van der Waals surface area contributed by atoms with E-state index in [1.165, 1.54) is 6.39 Å². The number of nitrogens with zero attached hydrogens (tertiary/aromatic N) is 2. The van der Waals surface area contributed by atoms with Crippen LogP contribution in [0.1, 0.15) is 45.0 Å². The van der Waals surface area contributed by atoms with Crippen molar-refractivity contribution in [3.05, 3.63) is 36.0 Å². The molecule has 2 heterocycles. The van der Waals surface area contributed by atoms with Crippen LogP contribution in [-0.2, 0) is 4.74 Å². The third-order valence-electron chi connectivity index (χ3n) is 3.00. The first-order valence-electron chi connectivity index (χ1n) is 7.12. The first-order valence-corrected chi connectivity index (χ1v) is 7.12. The van der Waals surface area contributed by atoms with Gasteiger partial charge in [-0.2, -0.15) is 0 Å². The van der Waals surface area contributed by atoms with Gasteiger partial charge in [0.1, 0.15) is 11.3 Å². The topological polar surface area (TPSA) is 77.2 Å². The minimum absolute atomic E-state index is 0.202. The van der Waals surface area contributed by atoms with Crippen LogP contribution < -0.4 is 5.32 Å². The molecule has 1 N–H and O–H groups in total. The van der Waals surface area contributed by atoms with Crippen molar-refractivity contribution in [1.29, 1.82) is 0 Å². The molecule has 6 nitrogen and oxygen atoms in total. The highest BCUT2D eigenvalue weighted by Crippen LogP contribution is 2.22. The Morgan fingerprint density at radius 2 is 2.05 bits per heavy atom. The maximum atomic E-state index is 11.8. The van der Waals surface area contributed by atoms with Crippen LogP contribution in [0.4, 0.5) is 4.79 Å². The van der Waals surface area contributed by atoms with Gasteiger partial charge >= 0.3 is 6.09 Å². The zero-order chi connectivity index (χ0) is 16.3. The van der Waals surface area contributed by atoms with Gasteiger partial charge in [0, 0.05) is 6.20 Å². The Kier molecular flexibility index (Phi) is 4.49. The fourth-order valence-electron chi connectivity index (χ4n) is 1.91. The average Bonchev–Trinajstić information content (AvgIpc) is 2.83. The maximum absolute atomic E-state index is 11.8. The van der Waals surface area contributed by atoms with Crippen LogP contribution in [0, 0.1) is 6.92 Å². The van der Waals surface area contributed by atoms with E-state index in [1.807, 2.05) is 46.8 Å². The summed E-state index contributed by atoms with van der Waals surface area (Å²) in [6.45, 7) is 9.22. The third kappa shape index (κ3) is 4.07. The number of ether oxygens (including phenoxy) is 1. The van der Waals surface area contributed by atoms with Gasteiger partial charge in [0.05, 0.1) is 11.7 Å². The zero-order valence-electron chi connectivity index (χ0n) is 13.5. The molecule has 22 heavy (non-hydrogen) atoms. The van der Waals surface area contributed by atoms with E-state index in [4.69, 9.17) is 9.15 Å². The second-order valence-electron chi connectivity index (χ2n) is 6.11. The molecule has 2 aromatic rings. The number of aromatic nitrogens is 2. The number of carbonyl (C=O) groups is 1. The van der Waals surface area contributed by atoms with E-state index in [1.54, 1.807) is 6.20 Å². The monoisotopic (exact) mass is 303 g/mol. The summed E-state index contributed by atoms with van der Waals surface area (Å²) in [5.41, 5.74) is 1.87. The van der Waals surface area contributed by atoms with Crippen molar-refractivity contribution in [3.63, 3.8) is 0 Å². The molecule has 0 aliphatic heterocycles. The number of hydrogen-bond acceptors (Lipinski definition) is 5. The number of alkyl carbamates (subject to hydrolysis) is 1. The van der Waals surface area contributed by atoms with Crippen LogP contribution in [0.3, 0.4) is 0 Å². The highest BCUT2D eigenvalue weighted by Gasteiger charge is 2.18. The molecule has 6 heteroatoms. The Hall–Kier alpha value is -2.37. The average molecular weight is 303 g/mol. The van der Waals surface area contributed by atoms with Crippen molar-refractivity contribution >= 4 is 6.09 Å². The number of rotatable bonds is 3. The maximum Gasteiger partial charge on any atom is 0.408 e. The standard InChI is InChI=1S/C16H21N3O3/c1-10(19-15(20)22-16(3,4)5)12-6-7-13(17-8-12)14-11(2)18-9-21-14/h6-10H,1-5H3,(H,19,20)/t10-/m0/s1. The second kappa shape index (κ2) is 6.17. The molecule has 0 fully saturated rings. The lowest BCUT2D eigenvalue weighted by atomic mass is 10.1. The molecule has 0 saturated carbocycles. The van der Waals surface area contributed by atoms with Gasteiger partial charge in [-0.05, 0) is 46.2 Å². The minimum Gasteiger partial charge on any atom is -0.444 e. The van der Waals surface area contributed by atoms with E-state index in [9.17, 15) is 4.79 Å². The van der Waals surface area contributed by atoms with Crippen LogP contribution in [0.25, 0.3) is 11.5 Å². The summed E-state index contributed by atoms with van der Waals surface area (Å²) in [7, 11) is 0. The lowest BCUT2D eigenvalue weighted by molar-refractivity contribution is 0.0508. The molecule has 0 aliphatic rings. The Morgan fingerprint density at radius 3 is 2.55 bits per heavy atom. The second-order valence-corrected chi connectivity index (χ2v) is 6.11. The summed E-state index contributed by atoms with van der Waals surface area (Å²) >= 11 is 0. The van der Waals surface area contributed by atoms with Gasteiger partial charge in [0.2, 0.25) is 0 Å². The molecule has 0 saturated heterocycles. The van der Waals surface area contributed by atoms with Crippen molar-refractivity contribution in [2.45, 2.75) is 46.3 Å². The number of pyridine rings is 1. The number of carbonyl (C=O) groups excluding carboxylic acids is 1. The lowest BCUT2D eigenvalue weighted by Crippen LogP contribution is -2.34. The van der Waals surface area contributed by atoms with E-state index >= 15 is 0 Å². The van der Waals surface area contributed by atoms with Crippen molar-refractivity contribution in [3.8, 4) is 11.5 Å². The van der Waals surface area contributed by atoms with Gasteiger partial charge in [-0.15, -0.1) is 0 Å². The molecule has 0 radical (unpaired) electrons. The predicted octanol–water partition coefficient (Wildman–Crippen LogP) is 3.63. The summed E-state index contributed by atoms with van der Waals surface area (Å²) in [6, 6.07) is 3.54. The molecule has 1 atom stereocenters. The first-order chi connectivity index (χ1) is 10.3. The molecule has 1 amide bonds. The molecule has 118 valence electrons. The van der Waals surface area contributed by atoms with E-state index in [2.05, 4.69) is 15.3 Å². The molecule has 0 spiro atoms. The molecule has 0 aliphatic carbocycles. The Morgan fingerprint density at radius 1 is 1.32 bits per heavy atom. The fourth-order valence-corrected chi connectivity index (χ4v) is 1.91. The molecule has 2 aromatic heterocycles. The molecule has 0 unspecified atom stereocenters.